The molecule has 214 valence electrons. The Morgan fingerprint density at radius 1 is 0.950 bits per heavy atom. The van der Waals surface area contributed by atoms with Gasteiger partial charge in [-0.3, -0.25) is 9.59 Å². The number of aromatic hydroxyl groups is 1. The lowest BCUT2D eigenvalue weighted by molar-refractivity contribution is 0.0751. The van der Waals surface area contributed by atoms with E-state index in [1.54, 1.807) is 41.3 Å². The molecule has 0 bridgehead atoms. The zero-order valence-corrected chi connectivity index (χ0v) is 23.6. The van der Waals surface area contributed by atoms with Crippen LogP contribution >= 0.6 is 0 Å². The van der Waals surface area contributed by atoms with Crippen molar-refractivity contribution in [3.8, 4) is 11.5 Å². The van der Waals surface area contributed by atoms with Crippen LogP contribution in [0.15, 0.2) is 66.7 Å². The number of benzene rings is 3. The van der Waals surface area contributed by atoms with Crippen molar-refractivity contribution < 1.29 is 24.5 Å². The highest BCUT2D eigenvalue weighted by Gasteiger charge is 2.31. The molecule has 0 aliphatic carbocycles. The lowest BCUT2D eigenvalue weighted by Gasteiger charge is -2.30. The number of amides is 2. The zero-order valence-electron chi connectivity index (χ0n) is 23.6. The molecule has 0 saturated carbocycles. The second-order valence-electron chi connectivity index (χ2n) is 9.92. The van der Waals surface area contributed by atoms with E-state index in [0.29, 0.717) is 42.9 Å². The van der Waals surface area contributed by atoms with Gasteiger partial charge in [-0.2, -0.15) is 0 Å². The number of ether oxygens (including phenoxy) is 1. The summed E-state index contributed by atoms with van der Waals surface area (Å²) in [6.45, 7) is 5.83. The fourth-order valence-corrected chi connectivity index (χ4v) is 5.03. The van der Waals surface area contributed by atoms with E-state index in [-0.39, 0.29) is 23.8 Å². The first-order valence-corrected chi connectivity index (χ1v) is 13.8. The maximum Gasteiger partial charge on any atom is 0.254 e. The van der Waals surface area contributed by atoms with Crippen molar-refractivity contribution in [2.75, 3.05) is 26.7 Å². The number of methoxy groups -OCH3 is 1. The fourth-order valence-electron chi connectivity index (χ4n) is 5.03. The third kappa shape index (κ3) is 7.83. The minimum atomic E-state index is -0.947. The Labute approximate surface area is 236 Å². The van der Waals surface area contributed by atoms with Crippen LogP contribution in [0, 0.1) is 0 Å². The number of carbonyl (C=O) groups excluding carboxylic acids is 2. The summed E-state index contributed by atoms with van der Waals surface area (Å²) in [5, 5.41) is 24.8. The number of primary amides is 1. The molecule has 0 heterocycles. The van der Waals surface area contributed by atoms with Gasteiger partial charge in [-0.1, -0.05) is 56.3 Å². The highest BCUT2D eigenvalue weighted by molar-refractivity contribution is 6.02. The second kappa shape index (κ2) is 15.1. The van der Waals surface area contributed by atoms with E-state index in [0.717, 1.165) is 24.0 Å². The Morgan fingerprint density at radius 2 is 1.62 bits per heavy atom. The smallest absolute Gasteiger partial charge is 0.254 e. The molecule has 0 saturated heterocycles. The second-order valence-corrected chi connectivity index (χ2v) is 9.92. The van der Waals surface area contributed by atoms with Crippen LogP contribution in [0.1, 0.15) is 70.0 Å². The highest BCUT2D eigenvalue weighted by atomic mass is 16.5. The van der Waals surface area contributed by atoms with Gasteiger partial charge in [-0.05, 0) is 60.2 Å². The number of nitrogens with zero attached hydrogens (tertiary/aromatic N) is 1. The molecule has 2 atom stereocenters. The Bertz CT molecular complexity index is 1260. The molecule has 5 N–H and O–H groups in total. The largest absolute Gasteiger partial charge is 0.504 e. The highest BCUT2D eigenvalue weighted by Crippen LogP contribution is 2.32. The molecule has 0 unspecified atom stereocenters. The SMILES string of the molecule is CCCN(CCC)C(=O)c1cccc(C(N)=O)c1[C@H](Cc1ccccc1)[C@@H](O)CNCc1ccc(O)c(OC)c1. The topological polar surface area (TPSA) is 125 Å². The van der Waals surface area contributed by atoms with Gasteiger partial charge in [-0.25, -0.2) is 0 Å². The van der Waals surface area contributed by atoms with Gasteiger partial charge in [0.1, 0.15) is 0 Å². The lowest BCUT2D eigenvalue weighted by Crippen LogP contribution is -2.37. The molecule has 0 aromatic heterocycles. The fraction of sp³-hybridized carbons (Fsp3) is 0.375. The Morgan fingerprint density at radius 3 is 2.25 bits per heavy atom. The van der Waals surface area contributed by atoms with Crippen molar-refractivity contribution in [3.63, 3.8) is 0 Å². The molecule has 0 aliphatic heterocycles. The zero-order chi connectivity index (χ0) is 29.1. The van der Waals surface area contributed by atoms with Crippen LogP contribution in [-0.4, -0.2) is 59.8 Å². The molecule has 3 aromatic carbocycles. The van der Waals surface area contributed by atoms with Crippen molar-refractivity contribution in [1.82, 2.24) is 10.2 Å². The van der Waals surface area contributed by atoms with Crippen LogP contribution in [-0.2, 0) is 13.0 Å². The molecule has 0 fully saturated rings. The number of hydrogen-bond donors (Lipinski definition) is 4. The molecular formula is C32H41N3O5. The van der Waals surface area contributed by atoms with Crippen LogP contribution in [0.5, 0.6) is 11.5 Å². The molecule has 0 radical (unpaired) electrons. The van der Waals surface area contributed by atoms with Crippen LogP contribution in [0.2, 0.25) is 0 Å². The summed E-state index contributed by atoms with van der Waals surface area (Å²) in [5.74, 6) is -0.983. The van der Waals surface area contributed by atoms with Crippen molar-refractivity contribution in [1.29, 1.82) is 0 Å². The Hall–Kier alpha value is -3.88. The number of rotatable bonds is 15. The van der Waals surface area contributed by atoms with E-state index >= 15 is 0 Å². The number of phenols is 1. The minimum Gasteiger partial charge on any atom is -0.504 e. The van der Waals surface area contributed by atoms with Gasteiger partial charge in [0.05, 0.1) is 13.2 Å². The molecular weight excluding hydrogens is 506 g/mol. The van der Waals surface area contributed by atoms with Crippen LogP contribution in [0.4, 0.5) is 0 Å². The number of nitrogens with one attached hydrogen (secondary N) is 1. The van der Waals surface area contributed by atoms with Gasteiger partial charge in [0.25, 0.3) is 5.91 Å². The number of aliphatic hydroxyl groups is 1. The molecule has 8 heteroatoms. The molecule has 0 aliphatic rings. The van der Waals surface area contributed by atoms with Crippen LogP contribution in [0.25, 0.3) is 0 Å². The Balaban J connectivity index is 1.99. The number of nitrogens with two attached hydrogens (primary N) is 1. The summed E-state index contributed by atoms with van der Waals surface area (Å²) in [5.41, 5.74) is 8.76. The van der Waals surface area contributed by atoms with Gasteiger partial charge in [0, 0.05) is 43.2 Å². The third-order valence-corrected chi connectivity index (χ3v) is 6.94. The van der Waals surface area contributed by atoms with E-state index < -0.39 is 17.9 Å². The normalized spacial score (nSPS) is 12.5. The van der Waals surface area contributed by atoms with E-state index in [4.69, 9.17) is 10.5 Å². The summed E-state index contributed by atoms with van der Waals surface area (Å²) in [4.78, 5) is 28.3. The van der Waals surface area contributed by atoms with E-state index in [2.05, 4.69) is 5.32 Å². The number of aliphatic hydroxyl groups excluding tert-OH is 1. The third-order valence-electron chi connectivity index (χ3n) is 6.94. The quantitative estimate of drug-likeness (QED) is 0.226. The van der Waals surface area contributed by atoms with Crippen molar-refractivity contribution >= 4 is 11.8 Å². The molecule has 3 aromatic rings. The average Bonchev–Trinajstić information content (AvgIpc) is 2.96. The molecule has 3 rings (SSSR count). The predicted molar refractivity (Wildman–Crippen MR) is 157 cm³/mol. The van der Waals surface area contributed by atoms with Crippen LogP contribution in [0.3, 0.4) is 0 Å². The monoisotopic (exact) mass is 547 g/mol. The van der Waals surface area contributed by atoms with E-state index in [1.807, 2.05) is 44.2 Å². The summed E-state index contributed by atoms with van der Waals surface area (Å²) in [6.07, 6.45) is 1.07. The van der Waals surface area contributed by atoms with E-state index in [1.165, 1.54) is 7.11 Å². The predicted octanol–water partition coefficient (Wildman–Crippen LogP) is 4.24. The molecule has 40 heavy (non-hydrogen) atoms. The lowest BCUT2D eigenvalue weighted by atomic mass is 9.81. The summed E-state index contributed by atoms with van der Waals surface area (Å²) in [7, 11) is 1.49. The maximum absolute atomic E-state index is 13.8. The first-order valence-electron chi connectivity index (χ1n) is 13.8. The summed E-state index contributed by atoms with van der Waals surface area (Å²) < 4.78 is 5.19. The maximum atomic E-state index is 13.8. The summed E-state index contributed by atoms with van der Waals surface area (Å²) in [6, 6.07) is 19.8. The summed E-state index contributed by atoms with van der Waals surface area (Å²) >= 11 is 0. The standard InChI is InChI=1S/C32H41N3O5/c1-4-16-35(17-5-2)32(39)25-13-9-12-24(31(33)38)30(25)26(18-22-10-7-6-8-11-22)28(37)21-34-20-23-14-15-27(36)29(19-23)40-3/h6-15,19,26,28,34,36-37H,4-5,16-18,20-21H2,1-3H3,(H2,33,38)/t26-,28+/m1/s1. The van der Waals surface area contributed by atoms with Gasteiger partial charge >= 0.3 is 0 Å². The molecule has 2 amide bonds. The molecule has 8 nitrogen and oxygen atoms in total. The number of phenolic OH excluding ortho intramolecular Hbond substituents is 1. The van der Waals surface area contributed by atoms with Gasteiger partial charge < -0.3 is 30.9 Å². The number of carbonyl (C=O) groups is 2. The van der Waals surface area contributed by atoms with Crippen molar-refractivity contribution in [2.24, 2.45) is 5.73 Å². The van der Waals surface area contributed by atoms with Crippen molar-refractivity contribution in [3.05, 3.63) is 94.5 Å². The van der Waals surface area contributed by atoms with Gasteiger partial charge in [-0.15, -0.1) is 0 Å². The molecule has 0 spiro atoms. The average molecular weight is 548 g/mol. The first-order chi connectivity index (χ1) is 19.3. The van der Waals surface area contributed by atoms with E-state index in [9.17, 15) is 19.8 Å². The van der Waals surface area contributed by atoms with Crippen LogP contribution < -0.4 is 15.8 Å². The first kappa shape index (κ1) is 30.7. The van der Waals surface area contributed by atoms with Gasteiger partial charge in [0.15, 0.2) is 11.5 Å². The minimum absolute atomic E-state index is 0.0506. The van der Waals surface area contributed by atoms with Crippen molar-refractivity contribution in [2.45, 2.75) is 51.7 Å². The Kier molecular flexibility index (Phi) is 11.5. The van der Waals surface area contributed by atoms with Gasteiger partial charge in [0.2, 0.25) is 5.91 Å². The number of hydrogen-bond acceptors (Lipinski definition) is 6.